The van der Waals surface area contributed by atoms with Crippen molar-refractivity contribution in [2.45, 2.75) is 19.4 Å². The number of aromatic amines is 1. The van der Waals surface area contributed by atoms with Crippen molar-refractivity contribution in [1.82, 2.24) is 4.98 Å². The van der Waals surface area contributed by atoms with Gasteiger partial charge >= 0.3 is 0 Å². The molecule has 0 radical (unpaired) electrons. The van der Waals surface area contributed by atoms with Gasteiger partial charge in [0.1, 0.15) is 12.4 Å². The maximum Gasteiger partial charge on any atom is 0.214 e. The molecule has 0 unspecified atom stereocenters. The van der Waals surface area contributed by atoms with Crippen LogP contribution in [0, 0.1) is 15.9 Å². The zero-order valence-electron chi connectivity index (χ0n) is 17.9. The molecule has 4 aromatic rings. The zero-order valence-corrected chi connectivity index (χ0v) is 19.5. The van der Waals surface area contributed by atoms with E-state index in [9.17, 15) is 14.5 Å². The second-order valence-electron chi connectivity index (χ2n) is 7.54. The fourth-order valence-electron chi connectivity index (χ4n) is 3.84. The molecule has 33 heavy (non-hydrogen) atoms. The number of benzene rings is 3. The molecule has 0 amide bonds. The number of nitrogens with zero attached hydrogens (tertiary/aromatic N) is 1. The molecule has 1 heterocycles. The molecule has 4 rings (SSSR count). The summed E-state index contributed by atoms with van der Waals surface area (Å²) in [6.45, 7) is 2.21. The lowest BCUT2D eigenvalue weighted by Crippen LogP contribution is -2.14. The van der Waals surface area contributed by atoms with Crippen molar-refractivity contribution in [3.8, 4) is 11.5 Å². The minimum Gasteiger partial charge on any atom is -0.490 e. The average Bonchev–Trinajstić information content (AvgIpc) is 3.22. The van der Waals surface area contributed by atoms with E-state index in [0.717, 1.165) is 27.6 Å². The van der Waals surface area contributed by atoms with Crippen LogP contribution in [-0.4, -0.2) is 23.1 Å². The molecule has 1 atom stereocenters. The Morgan fingerprint density at radius 2 is 1.88 bits per heavy atom. The summed E-state index contributed by atoms with van der Waals surface area (Å²) in [5.74, 6) is 0.173. The second kappa shape index (κ2) is 10.0. The number of fused-ring (bicyclic) bond motifs is 1. The van der Waals surface area contributed by atoms with E-state index in [1.54, 1.807) is 18.2 Å². The van der Waals surface area contributed by atoms with Crippen molar-refractivity contribution < 1.29 is 18.8 Å². The van der Waals surface area contributed by atoms with E-state index in [1.165, 1.54) is 12.1 Å². The number of nitrogens with one attached hydrogen (secondary N) is 1. The van der Waals surface area contributed by atoms with E-state index in [2.05, 4.69) is 20.9 Å². The zero-order chi connectivity index (χ0) is 23.4. The number of ether oxygens (including phenoxy) is 2. The molecule has 3 aromatic carbocycles. The summed E-state index contributed by atoms with van der Waals surface area (Å²) in [6, 6.07) is 17.4. The van der Waals surface area contributed by atoms with Crippen LogP contribution in [0.15, 0.2) is 71.3 Å². The monoisotopic (exact) mass is 512 g/mol. The predicted molar refractivity (Wildman–Crippen MR) is 128 cm³/mol. The highest BCUT2D eigenvalue weighted by Gasteiger charge is 2.26. The lowest BCUT2D eigenvalue weighted by atomic mass is 9.90. The van der Waals surface area contributed by atoms with E-state index >= 15 is 0 Å². The van der Waals surface area contributed by atoms with Gasteiger partial charge in [-0.1, -0.05) is 30.3 Å². The van der Waals surface area contributed by atoms with Gasteiger partial charge in [0, 0.05) is 22.0 Å². The van der Waals surface area contributed by atoms with Crippen LogP contribution in [0.3, 0.4) is 0 Å². The Morgan fingerprint density at radius 1 is 1.12 bits per heavy atom. The highest BCUT2D eigenvalue weighted by molar-refractivity contribution is 9.10. The van der Waals surface area contributed by atoms with E-state index in [-0.39, 0.29) is 23.9 Å². The molecule has 0 aliphatic rings. The number of para-hydroxylation sites is 1. The Balaban J connectivity index is 1.72. The van der Waals surface area contributed by atoms with Gasteiger partial charge in [-0.15, -0.1) is 0 Å². The summed E-state index contributed by atoms with van der Waals surface area (Å²) in [7, 11) is 0. The first kappa shape index (κ1) is 22.8. The third kappa shape index (κ3) is 5.17. The Morgan fingerprint density at radius 3 is 2.61 bits per heavy atom. The molecule has 170 valence electrons. The molecular formula is C25H22BrFN2O4. The smallest absolute Gasteiger partial charge is 0.214 e. The van der Waals surface area contributed by atoms with Crippen LogP contribution in [0.2, 0.25) is 0 Å². The molecule has 0 fully saturated rings. The first-order valence-electron chi connectivity index (χ1n) is 10.5. The highest BCUT2D eigenvalue weighted by Crippen LogP contribution is 2.41. The lowest BCUT2D eigenvalue weighted by Gasteiger charge is -2.19. The minimum absolute atomic E-state index is 0.221. The standard InChI is InChI=1S/C25H22BrFN2O4/c1-2-32-24-12-17(11-22(26)25(24)33-15-16-7-9-18(27)10-8-16)21(14-29(30)31)20-13-28-23-6-4-3-5-19(20)23/h3-13,21,28H,2,14-15H2,1H3/t21-/m1/s1. The lowest BCUT2D eigenvalue weighted by molar-refractivity contribution is -0.481. The molecule has 6 nitrogen and oxygen atoms in total. The van der Waals surface area contributed by atoms with Crippen molar-refractivity contribution in [1.29, 1.82) is 0 Å². The fraction of sp³-hybridized carbons (Fsp3) is 0.200. The fourth-order valence-corrected chi connectivity index (χ4v) is 4.42. The van der Waals surface area contributed by atoms with Crippen LogP contribution in [0.25, 0.3) is 10.9 Å². The van der Waals surface area contributed by atoms with Gasteiger partial charge in [-0.25, -0.2) is 4.39 Å². The van der Waals surface area contributed by atoms with Gasteiger partial charge in [-0.3, -0.25) is 10.1 Å². The van der Waals surface area contributed by atoms with Crippen LogP contribution >= 0.6 is 15.9 Å². The Kier molecular flexibility index (Phi) is 6.93. The van der Waals surface area contributed by atoms with Crippen LogP contribution in [0.5, 0.6) is 11.5 Å². The predicted octanol–water partition coefficient (Wildman–Crippen LogP) is 6.46. The summed E-state index contributed by atoms with van der Waals surface area (Å²) in [5, 5.41) is 12.5. The summed E-state index contributed by atoms with van der Waals surface area (Å²) in [4.78, 5) is 14.5. The van der Waals surface area contributed by atoms with Gasteiger partial charge in [0.15, 0.2) is 11.5 Å². The molecule has 0 bridgehead atoms. The van der Waals surface area contributed by atoms with Crippen molar-refractivity contribution >= 4 is 26.8 Å². The van der Waals surface area contributed by atoms with E-state index in [0.29, 0.717) is 22.6 Å². The minimum atomic E-state index is -0.488. The van der Waals surface area contributed by atoms with Gasteiger partial charge in [-0.05, 0) is 69.9 Å². The Labute approximate surface area is 198 Å². The van der Waals surface area contributed by atoms with Gasteiger partial charge in [0.25, 0.3) is 0 Å². The van der Waals surface area contributed by atoms with Gasteiger partial charge in [0.2, 0.25) is 6.54 Å². The van der Waals surface area contributed by atoms with Crippen molar-refractivity contribution in [3.63, 3.8) is 0 Å². The third-order valence-corrected chi connectivity index (χ3v) is 5.95. The van der Waals surface area contributed by atoms with Crippen molar-refractivity contribution in [2.75, 3.05) is 13.2 Å². The molecule has 0 saturated carbocycles. The Bertz CT molecular complexity index is 1270. The molecular weight excluding hydrogens is 491 g/mol. The Hall–Kier alpha value is -3.39. The van der Waals surface area contributed by atoms with E-state index in [4.69, 9.17) is 9.47 Å². The van der Waals surface area contributed by atoms with Gasteiger partial charge in [-0.2, -0.15) is 0 Å². The number of halogens is 2. The van der Waals surface area contributed by atoms with Crippen LogP contribution < -0.4 is 9.47 Å². The molecule has 0 spiro atoms. The molecule has 1 aromatic heterocycles. The van der Waals surface area contributed by atoms with Crippen molar-refractivity contribution in [3.05, 3.63) is 104 Å². The third-order valence-electron chi connectivity index (χ3n) is 5.36. The second-order valence-corrected chi connectivity index (χ2v) is 8.39. The molecule has 0 aliphatic heterocycles. The highest BCUT2D eigenvalue weighted by atomic mass is 79.9. The number of H-pyrrole nitrogens is 1. The molecule has 0 aliphatic carbocycles. The number of hydrogen-bond donors (Lipinski definition) is 1. The van der Waals surface area contributed by atoms with Crippen LogP contribution in [0.1, 0.15) is 29.5 Å². The van der Waals surface area contributed by atoms with Crippen LogP contribution in [0.4, 0.5) is 4.39 Å². The number of hydrogen-bond acceptors (Lipinski definition) is 4. The molecule has 1 N–H and O–H groups in total. The van der Waals surface area contributed by atoms with Gasteiger partial charge in [0.05, 0.1) is 17.0 Å². The summed E-state index contributed by atoms with van der Waals surface area (Å²) < 4.78 is 25.6. The SMILES string of the molecule is CCOc1cc([C@@H](C[N+](=O)[O-])c2c[nH]c3ccccc23)cc(Br)c1OCc1ccc(F)cc1. The van der Waals surface area contributed by atoms with E-state index in [1.807, 2.05) is 43.5 Å². The molecule has 0 saturated heterocycles. The largest absolute Gasteiger partial charge is 0.490 e. The van der Waals surface area contributed by atoms with E-state index < -0.39 is 5.92 Å². The topological polar surface area (TPSA) is 77.4 Å². The molecule has 8 heteroatoms. The summed E-state index contributed by atoms with van der Waals surface area (Å²) in [5.41, 5.74) is 3.31. The average molecular weight is 513 g/mol. The van der Waals surface area contributed by atoms with Crippen LogP contribution in [-0.2, 0) is 6.61 Å². The maximum absolute atomic E-state index is 13.2. The normalized spacial score (nSPS) is 12.0. The summed E-state index contributed by atoms with van der Waals surface area (Å²) >= 11 is 3.56. The quantitative estimate of drug-likeness (QED) is 0.206. The number of aromatic nitrogens is 1. The number of rotatable bonds is 9. The first-order valence-corrected chi connectivity index (χ1v) is 11.3. The first-order chi connectivity index (χ1) is 16.0. The van der Waals surface area contributed by atoms with Crippen molar-refractivity contribution in [2.24, 2.45) is 0 Å². The van der Waals surface area contributed by atoms with Gasteiger partial charge < -0.3 is 14.5 Å². The number of nitro groups is 1. The summed E-state index contributed by atoms with van der Waals surface area (Å²) in [6.07, 6.45) is 1.83. The maximum atomic E-state index is 13.2.